The zero-order valence-corrected chi connectivity index (χ0v) is 13.0. The Kier molecular flexibility index (Phi) is 4.08. The van der Waals surface area contributed by atoms with E-state index in [1.165, 1.54) is 35.6 Å². The third-order valence-electron chi connectivity index (χ3n) is 3.90. The van der Waals surface area contributed by atoms with Crippen molar-refractivity contribution >= 4 is 34.3 Å². The summed E-state index contributed by atoms with van der Waals surface area (Å²) in [6.07, 6.45) is 7.48. The maximum Gasteiger partial charge on any atom is 0.121 e. The van der Waals surface area contributed by atoms with E-state index >= 15 is 0 Å². The zero-order chi connectivity index (χ0) is 13.2. The van der Waals surface area contributed by atoms with Crippen molar-refractivity contribution in [1.29, 1.82) is 0 Å². The van der Waals surface area contributed by atoms with Crippen molar-refractivity contribution in [2.45, 2.75) is 35.8 Å². The van der Waals surface area contributed by atoms with E-state index in [4.69, 9.17) is 9.73 Å². The molecule has 0 aromatic heterocycles. The van der Waals surface area contributed by atoms with Crippen molar-refractivity contribution in [3.63, 3.8) is 0 Å². The number of rotatable bonds is 1. The fourth-order valence-corrected chi connectivity index (χ4v) is 5.17. The van der Waals surface area contributed by atoms with Crippen LogP contribution >= 0.6 is 23.5 Å². The molecule has 2 unspecified atom stereocenters. The molecule has 0 saturated heterocycles. The topological polar surface area (TPSA) is 21.6 Å². The predicted octanol–water partition coefficient (Wildman–Crippen LogP) is 4.75. The average Bonchev–Trinajstić information content (AvgIpc) is 2.62. The Morgan fingerprint density at radius 3 is 2.95 bits per heavy atom. The summed E-state index contributed by atoms with van der Waals surface area (Å²) in [4.78, 5) is 6.24. The van der Waals surface area contributed by atoms with Gasteiger partial charge in [-0.2, -0.15) is 0 Å². The summed E-state index contributed by atoms with van der Waals surface area (Å²) in [6, 6.07) is 6.27. The highest BCUT2D eigenvalue weighted by Crippen LogP contribution is 2.46. The van der Waals surface area contributed by atoms with Crippen molar-refractivity contribution in [1.82, 2.24) is 0 Å². The Hall–Kier alpha value is -0.610. The van der Waals surface area contributed by atoms with Gasteiger partial charge in [-0.1, -0.05) is 12.8 Å². The zero-order valence-electron chi connectivity index (χ0n) is 11.4. The van der Waals surface area contributed by atoms with Gasteiger partial charge in [-0.3, -0.25) is 0 Å². The van der Waals surface area contributed by atoms with Crippen LogP contribution in [0.25, 0.3) is 0 Å². The molecular formula is C15H19NOS2. The van der Waals surface area contributed by atoms with Crippen LogP contribution in [0.3, 0.4) is 0 Å². The number of methoxy groups -OCH3 is 1. The maximum atomic E-state index is 5.32. The monoisotopic (exact) mass is 293 g/mol. The van der Waals surface area contributed by atoms with Crippen molar-refractivity contribution in [2.24, 2.45) is 10.9 Å². The molecule has 1 aromatic carbocycles. The van der Waals surface area contributed by atoms with E-state index in [1.807, 2.05) is 29.6 Å². The first-order valence-corrected chi connectivity index (χ1v) is 8.89. The lowest BCUT2D eigenvalue weighted by molar-refractivity contribution is 0.414. The average molecular weight is 293 g/mol. The summed E-state index contributed by atoms with van der Waals surface area (Å²) in [5, 5.41) is 2.01. The van der Waals surface area contributed by atoms with Gasteiger partial charge in [0, 0.05) is 22.1 Å². The molecule has 1 aliphatic carbocycles. The van der Waals surface area contributed by atoms with Crippen molar-refractivity contribution < 1.29 is 4.74 Å². The molecule has 0 N–H and O–H groups in total. The summed E-state index contributed by atoms with van der Waals surface area (Å²) < 4.78 is 5.32. The summed E-state index contributed by atoms with van der Waals surface area (Å²) in [7, 11) is 1.71. The molecule has 4 heteroatoms. The summed E-state index contributed by atoms with van der Waals surface area (Å²) >= 11 is 3.83. The summed E-state index contributed by atoms with van der Waals surface area (Å²) in [5.41, 5.74) is 1.09. The Balaban J connectivity index is 2.03. The second-order valence-electron chi connectivity index (χ2n) is 5.04. The number of aliphatic imine (C=N–C) groups is 1. The number of hydrogen-bond donors (Lipinski definition) is 0. The molecule has 0 radical (unpaired) electrons. The van der Waals surface area contributed by atoms with E-state index in [-0.39, 0.29) is 0 Å². The fraction of sp³-hybridized carbons (Fsp3) is 0.533. The SMILES string of the molecule is COc1ccc2c(c1)N=C(SC)C1CCCCC1S2. The van der Waals surface area contributed by atoms with Gasteiger partial charge in [-0.25, -0.2) is 4.99 Å². The van der Waals surface area contributed by atoms with E-state index in [0.717, 1.165) is 11.4 Å². The molecule has 0 spiro atoms. The summed E-state index contributed by atoms with van der Waals surface area (Å²) in [5.74, 6) is 1.54. The van der Waals surface area contributed by atoms with Crippen LogP contribution in [0.2, 0.25) is 0 Å². The number of fused-ring (bicyclic) bond motifs is 2. The highest BCUT2D eigenvalue weighted by atomic mass is 32.2. The van der Waals surface area contributed by atoms with Gasteiger partial charge in [0.2, 0.25) is 0 Å². The van der Waals surface area contributed by atoms with Gasteiger partial charge < -0.3 is 4.74 Å². The number of ether oxygens (including phenoxy) is 1. The van der Waals surface area contributed by atoms with Crippen molar-refractivity contribution in [3.05, 3.63) is 18.2 Å². The lowest BCUT2D eigenvalue weighted by Gasteiger charge is -2.29. The molecular weight excluding hydrogens is 274 g/mol. The van der Waals surface area contributed by atoms with Crippen LogP contribution in [0.15, 0.2) is 28.1 Å². The largest absolute Gasteiger partial charge is 0.497 e. The number of benzene rings is 1. The van der Waals surface area contributed by atoms with Crippen LogP contribution in [0.1, 0.15) is 25.7 Å². The molecule has 0 bridgehead atoms. The van der Waals surface area contributed by atoms with Crippen LogP contribution in [-0.2, 0) is 0 Å². The molecule has 2 aliphatic rings. The van der Waals surface area contributed by atoms with Crippen LogP contribution in [0, 0.1) is 5.92 Å². The second kappa shape index (κ2) is 5.80. The molecule has 0 amide bonds. The predicted molar refractivity (Wildman–Crippen MR) is 85.2 cm³/mol. The highest BCUT2D eigenvalue weighted by molar-refractivity contribution is 8.13. The van der Waals surface area contributed by atoms with Crippen LogP contribution in [-0.4, -0.2) is 23.7 Å². The molecule has 19 heavy (non-hydrogen) atoms. The summed E-state index contributed by atoms with van der Waals surface area (Å²) in [6.45, 7) is 0. The molecule has 1 heterocycles. The third kappa shape index (κ3) is 2.65. The first-order valence-electron chi connectivity index (χ1n) is 6.79. The molecule has 1 aromatic rings. The first-order chi connectivity index (χ1) is 9.31. The quantitative estimate of drug-likeness (QED) is 0.745. The minimum Gasteiger partial charge on any atom is -0.497 e. The van der Waals surface area contributed by atoms with Gasteiger partial charge in [0.05, 0.1) is 17.8 Å². The van der Waals surface area contributed by atoms with Crippen LogP contribution in [0.5, 0.6) is 5.75 Å². The van der Waals surface area contributed by atoms with E-state index in [9.17, 15) is 0 Å². The second-order valence-corrected chi connectivity index (χ2v) is 7.14. The standard InChI is InChI=1S/C15H19NOS2/c1-17-10-7-8-14-12(9-10)16-15(18-2)11-5-3-4-6-13(11)19-14/h7-9,11,13H,3-6H2,1-2H3. The Labute approximate surface area is 123 Å². The smallest absolute Gasteiger partial charge is 0.121 e. The van der Waals surface area contributed by atoms with Crippen molar-refractivity contribution in [2.75, 3.05) is 13.4 Å². The van der Waals surface area contributed by atoms with Gasteiger partial charge in [0.25, 0.3) is 0 Å². The number of nitrogens with zero attached hydrogens (tertiary/aromatic N) is 1. The number of thioether (sulfide) groups is 2. The minimum absolute atomic E-state index is 0.646. The third-order valence-corrected chi connectivity index (χ3v) is 6.18. The Bertz CT molecular complexity index is 501. The van der Waals surface area contributed by atoms with Gasteiger partial charge >= 0.3 is 0 Å². The van der Waals surface area contributed by atoms with Gasteiger partial charge in [-0.15, -0.1) is 23.5 Å². The lowest BCUT2D eigenvalue weighted by atomic mass is 9.89. The molecule has 2 atom stereocenters. The Morgan fingerprint density at radius 2 is 2.16 bits per heavy atom. The highest BCUT2D eigenvalue weighted by Gasteiger charge is 2.32. The van der Waals surface area contributed by atoms with Gasteiger partial charge in [-0.05, 0) is 31.2 Å². The Morgan fingerprint density at radius 1 is 1.32 bits per heavy atom. The van der Waals surface area contributed by atoms with Gasteiger partial charge in [0.1, 0.15) is 5.75 Å². The maximum absolute atomic E-state index is 5.32. The fourth-order valence-electron chi connectivity index (χ4n) is 2.89. The van der Waals surface area contributed by atoms with E-state index in [2.05, 4.69) is 18.4 Å². The van der Waals surface area contributed by atoms with E-state index in [0.29, 0.717) is 11.2 Å². The van der Waals surface area contributed by atoms with Gasteiger partial charge in [0.15, 0.2) is 0 Å². The lowest BCUT2D eigenvalue weighted by Crippen LogP contribution is -2.26. The normalized spacial score (nSPS) is 25.9. The number of hydrogen-bond acceptors (Lipinski definition) is 4. The van der Waals surface area contributed by atoms with E-state index in [1.54, 1.807) is 7.11 Å². The van der Waals surface area contributed by atoms with E-state index < -0.39 is 0 Å². The molecule has 1 fully saturated rings. The molecule has 1 saturated carbocycles. The minimum atomic E-state index is 0.646. The molecule has 1 aliphatic heterocycles. The first kappa shape index (κ1) is 13.4. The molecule has 102 valence electrons. The molecule has 2 nitrogen and oxygen atoms in total. The van der Waals surface area contributed by atoms with Crippen LogP contribution < -0.4 is 4.74 Å². The van der Waals surface area contributed by atoms with Crippen molar-refractivity contribution in [3.8, 4) is 5.75 Å². The molecule has 3 rings (SSSR count). The van der Waals surface area contributed by atoms with Crippen LogP contribution in [0.4, 0.5) is 5.69 Å².